The molecule has 2 aromatic heterocycles. The monoisotopic (exact) mass is 345 g/mol. The van der Waals surface area contributed by atoms with Gasteiger partial charge in [-0.1, -0.05) is 42.0 Å². The lowest BCUT2D eigenvalue weighted by molar-refractivity contribution is 0.104. The van der Waals surface area contributed by atoms with Crippen LogP contribution in [-0.4, -0.2) is 10.8 Å². The maximum Gasteiger partial charge on any atom is 0.185 e. The molecule has 0 saturated carbocycles. The molecule has 0 amide bonds. The molecule has 3 nitrogen and oxygen atoms in total. The van der Waals surface area contributed by atoms with Crippen LogP contribution < -0.4 is 0 Å². The number of thiazole rings is 1. The number of furan rings is 1. The number of hydrogen-bond acceptors (Lipinski definition) is 4. The summed E-state index contributed by atoms with van der Waals surface area (Å²) < 4.78 is 6.94. The van der Waals surface area contributed by atoms with E-state index in [1.807, 2.05) is 67.6 Å². The van der Waals surface area contributed by atoms with Gasteiger partial charge in [0.1, 0.15) is 5.76 Å². The molecule has 0 aliphatic carbocycles. The van der Waals surface area contributed by atoms with Gasteiger partial charge < -0.3 is 4.42 Å². The van der Waals surface area contributed by atoms with E-state index in [0.29, 0.717) is 17.1 Å². The van der Waals surface area contributed by atoms with Crippen LogP contribution in [0.5, 0.6) is 0 Å². The Morgan fingerprint density at radius 2 is 1.84 bits per heavy atom. The summed E-state index contributed by atoms with van der Waals surface area (Å²) in [6.07, 6.45) is 3.23. The lowest BCUT2D eigenvalue weighted by Crippen LogP contribution is -1.93. The lowest BCUT2D eigenvalue weighted by atomic mass is 10.1. The number of carbonyl (C=O) groups is 1. The molecule has 0 spiro atoms. The number of carbonyl (C=O) groups excluding carboxylic acids is 1. The zero-order valence-electron chi connectivity index (χ0n) is 13.6. The second kappa shape index (κ2) is 6.49. The zero-order chi connectivity index (χ0) is 17.2. The van der Waals surface area contributed by atoms with Crippen LogP contribution in [0.4, 0.5) is 0 Å². The predicted molar refractivity (Wildman–Crippen MR) is 102 cm³/mol. The summed E-state index contributed by atoms with van der Waals surface area (Å²) in [6, 6.07) is 19.2. The molecule has 2 heterocycles. The van der Waals surface area contributed by atoms with E-state index in [4.69, 9.17) is 4.42 Å². The number of allylic oxidation sites excluding steroid dienone is 1. The second-order valence-electron chi connectivity index (χ2n) is 5.75. The smallest absolute Gasteiger partial charge is 0.185 e. The summed E-state index contributed by atoms with van der Waals surface area (Å²) in [6.45, 7) is 2.00. The maximum atomic E-state index is 12.2. The average Bonchev–Trinajstić information content (AvgIpc) is 3.26. The van der Waals surface area contributed by atoms with E-state index in [2.05, 4.69) is 4.98 Å². The first kappa shape index (κ1) is 15.5. The SMILES string of the molecule is Cc1ccc(C(=O)C=Cc2ccc(-c3nc4ccccc4s3)o2)cc1. The fourth-order valence-corrected chi connectivity index (χ4v) is 3.43. The van der Waals surface area contributed by atoms with Crippen molar-refractivity contribution in [2.75, 3.05) is 0 Å². The predicted octanol–water partition coefficient (Wildman–Crippen LogP) is 5.76. The molecule has 0 bridgehead atoms. The summed E-state index contributed by atoms with van der Waals surface area (Å²) >= 11 is 1.59. The van der Waals surface area contributed by atoms with Crippen LogP contribution in [0.15, 0.2) is 71.2 Å². The van der Waals surface area contributed by atoms with Gasteiger partial charge in [0.05, 0.1) is 10.2 Å². The van der Waals surface area contributed by atoms with Crippen molar-refractivity contribution in [3.63, 3.8) is 0 Å². The number of fused-ring (bicyclic) bond motifs is 1. The molecule has 0 aliphatic heterocycles. The molecular formula is C21H15NO2S. The van der Waals surface area contributed by atoms with Gasteiger partial charge in [-0.25, -0.2) is 4.98 Å². The largest absolute Gasteiger partial charge is 0.454 e. The molecule has 4 aromatic rings. The molecule has 0 aliphatic rings. The lowest BCUT2D eigenvalue weighted by Gasteiger charge is -1.96. The molecule has 0 N–H and O–H groups in total. The fraction of sp³-hybridized carbons (Fsp3) is 0.0476. The van der Waals surface area contributed by atoms with Crippen molar-refractivity contribution in [1.29, 1.82) is 0 Å². The van der Waals surface area contributed by atoms with Crippen LogP contribution in [-0.2, 0) is 0 Å². The highest BCUT2D eigenvalue weighted by Gasteiger charge is 2.09. The number of nitrogens with zero attached hydrogens (tertiary/aromatic N) is 1. The standard InChI is InChI=1S/C21H15NO2S/c1-14-6-8-15(9-7-14)18(23)12-10-16-11-13-19(24-16)21-22-17-4-2-3-5-20(17)25-21/h2-13H,1H3. The van der Waals surface area contributed by atoms with Gasteiger partial charge >= 0.3 is 0 Å². The molecule has 4 heteroatoms. The van der Waals surface area contributed by atoms with Crippen molar-refractivity contribution in [2.24, 2.45) is 0 Å². The molecule has 0 radical (unpaired) electrons. The van der Waals surface area contributed by atoms with Crippen molar-refractivity contribution in [1.82, 2.24) is 4.98 Å². The van der Waals surface area contributed by atoms with Gasteiger partial charge in [0.2, 0.25) is 0 Å². The van der Waals surface area contributed by atoms with Crippen LogP contribution in [0.3, 0.4) is 0 Å². The molecule has 0 atom stereocenters. The van der Waals surface area contributed by atoms with Crippen molar-refractivity contribution >= 4 is 33.4 Å². The molecule has 4 rings (SSSR count). The van der Waals surface area contributed by atoms with Crippen molar-refractivity contribution < 1.29 is 9.21 Å². The van der Waals surface area contributed by atoms with Crippen molar-refractivity contribution in [2.45, 2.75) is 6.92 Å². The van der Waals surface area contributed by atoms with Crippen LogP contribution >= 0.6 is 11.3 Å². The molecule has 25 heavy (non-hydrogen) atoms. The Bertz CT molecular complexity index is 1040. The first-order valence-corrected chi connectivity index (χ1v) is 8.75. The van der Waals surface area contributed by atoms with Gasteiger partial charge in [0, 0.05) is 5.56 Å². The Morgan fingerprint density at radius 1 is 1.04 bits per heavy atom. The Hall–Kier alpha value is -2.98. The van der Waals surface area contributed by atoms with E-state index in [0.717, 1.165) is 20.8 Å². The first-order valence-electron chi connectivity index (χ1n) is 7.94. The molecule has 0 unspecified atom stereocenters. The maximum absolute atomic E-state index is 12.2. The topological polar surface area (TPSA) is 43.1 Å². The van der Waals surface area contributed by atoms with Gasteiger partial charge in [-0.15, -0.1) is 11.3 Å². The fourth-order valence-electron chi connectivity index (χ4n) is 2.51. The summed E-state index contributed by atoms with van der Waals surface area (Å²) in [5.74, 6) is 1.30. The molecule has 0 fully saturated rings. The third kappa shape index (κ3) is 3.30. The highest BCUT2D eigenvalue weighted by Crippen LogP contribution is 2.31. The third-order valence-electron chi connectivity index (χ3n) is 3.87. The van der Waals surface area contributed by atoms with E-state index in [1.54, 1.807) is 17.4 Å². The highest BCUT2D eigenvalue weighted by atomic mass is 32.1. The number of ketones is 1. The van der Waals surface area contributed by atoms with E-state index in [9.17, 15) is 4.79 Å². The minimum Gasteiger partial charge on any atom is -0.454 e. The minimum atomic E-state index is -0.0436. The summed E-state index contributed by atoms with van der Waals surface area (Å²) in [5, 5.41) is 0.839. The first-order chi connectivity index (χ1) is 12.2. The molecular weight excluding hydrogens is 330 g/mol. The van der Waals surface area contributed by atoms with Gasteiger partial charge in [0.15, 0.2) is 16.6 Å². The van der Waals surface area contributed by atoms with E-state index < -0.39 is 0 Å². The summed E-state index contributed by atoms with van der Waals surface area (Å²) in [5.41, 5.74) is 2.76. The molecule has 122 valence electrons. The minimum absolute atomic E-state index is 0.0436. The average molecular weight is 345 g/mol. The van der Waals surface area contributed by atoms with Crippen molar-refractivity contribution in [3.05, 3.63) is 83.6 Å². The van der Waals surface area contributed by atoms with Crippen LogP contribution in [0.2, 0.25) is 0 Å². The van der Waals surface area contributed by atoms with Gasteiger partial charge in [0.25, 0.3) is 0 Å². The van der Waals surface area contributed by atoms with Crippen molar-refractivity contribution in [3.8, 4) is 10.8 Å². The number of aromatic nitrogens is 1. The van der Waals surface area contributed by atoms with Crippen LogP contribution in [0.25, 0.3) is 27.1 Å². The second-order valence-corrected chi connectivity index (χ2v) is 6.78. The summed E-state index contributed by atoms with van der Waals surface area (Å²) in [7, 11) is 0. The van der Waals surface area contributed by atoms with Gasteiger partial charge in [-0.05, 0) is 43.3 Å². The number of hydrogen-bond donors (Lipinski definition) is 0. The number of rotatable bonds is 4. The van der Waals surface area contributed by atoms with E-state index in [-0.39, 0.29) is 5.78 Å². The molecule has 0 saturated heterocycles. The number of aryl methyl sites for hydroxylation is 1. The Labute approximate surface area is 149 Å². The number of benzene rings is 2. The third-order valence-corrected chi connectivity index (χ3v) is 4.92. The molecule has 2 aromatic carbocycles. The van der Waals surface area contributed by atoms with Gasteiger partial charge in [-0.2, -0.15) is 0 Å². The van der Waals surface area contributed by atoms with Crippen LogP contribution in [0.1, 0.15) is 21.7 Å². The zero-order valence-corrected chi connectivity index (χ0v) is 14.4. The van der Waals surface area contributed by atoms with Gasteiger partial charge in [-0.3, -0.25) is 4.79 Å². The Kier molecular flexibility index (Phi) is 4.04. The Balaban J connectivity index is 1.54. The summed E-state index contributed by atoms with van der Waals surface area (Å²) in [4.78, 5) is 16.8. The quantitative estimate of drug-likeness (QED) is 0.349. The van der Waals surface area contributed by atoms with E-state index in [1.165, 1.54) is 6.08 Å². The number of para-hydroxylation sites is 1. The normalized spacial score (nSPS) is 11.4. The Morgan fingerprint density at radius 3 is 2.64 bits per heavy atom. The van der Waals surface area contributed by atoms with Crippen LogP contribution in [0, 0.1) is 6.92 Å². The highest BCUT2D eigenvalue weighted by molar-refractivity contribution is 7.21. The van der Waals surface area contributed by atoms with E-state index >= 15 is 0 Å².